The summed E-state index contributed by atoms with van der Waals surface area (Å²) in [5.74, 6) is -0.685. The third-order valence-electron chi connectivity index (χ3n) is 2.16. The molecule has 0 fully saturated rings. The molecule has 1 aromatic carbocycles. The van der Waals surface area contributed by atoms with E-state index in [9.17, 15) is 19.7 Å². The van der Waals surface area contributed by atoms with Crippen LogP contribution in [0.25, 0.3) is 0 Å². The molecule has 21 heavy (non-hydrogen) atoms. The molecular weight excluding hydrogens is 291 g/mol. The zero-order chi connectivity index (χ0) is 15.0. The molecule has 0 bridgehead atoms. The molecule has 0 aliphatic carbocycles. The van der Waals surface area contributed by atoms with Crippen LogP contribution >= 0.6 is 0 Å². The molecule has 110 valence electrons. The zero-order valence-corrected chi connectivity index (χ0v) is 10.8. The van der Waals surface area contributed by atoms with Crippen molar-refractivity contribution < 1.29 is 24.3 Å². The van der Waals surface area contributed by atoms with E-state index in [0.29, 0.717) is 5.75 Å². The number of esters is 1. The van der Waals surface area contributed by atoms with Gasteiger partial charge >= 0.3 is 35.5 Å². The summed E-state index contributed by atoms with van der Waals surface area (Å²) in [6.45, 7) is 1.19. The number of ether oxygens (including phenoxy) is 1. The Labute approximate surface area is 143 Å². The predicted octanol–water partition coefficient (Wildman–Crippen LogP) is 0.394. The Balaban J connectivity index is 0.00000400. The van der Waals surface area contributed by atoms with Crippen LogP contribution < -0.4 is 10.1 Å². The molecule has 0 aliphatic rings. The average molecular weight is 306 g/mol. The Morgan fingerprint density at radius 1 is 1.33 bits per heavy atom. The molecule has 8 nitrogen and oxygen atoms in total. The molecule has 1 rings (SSSR count). The zero-order valence-electron chi connectivity index (χ0n) is 10.8. The number of nitrogens with zero attached hydrogens (tertiary/aromatic N) is 1. The second kappa shape index (κ2) is 10.1. The van der Waals surface area contributed by atoms with Gasteiger partial charge in [-0.1, -0.05) is 18.2 Å². The number of amides is 1. The number of hydrogen-bond donors (Lipinski definition) is 1. The summed E-state index contributed by atoms with van der Waals surface area (Å²) in [6, 6.07) is 8.40. The maximum atomic E-state index is 11.5. The molecule has 1 unspecified atom stereocenters. The van der Waals surface area contributed by atoms with E-state index < -0.39 is 23.2 Å². The van der Waals surface area contributed by atoms with E-state index in [2.05, 4.69) is 10.2 Å². The topological polar surface area (TPSA) is 108 Å². The molecule has 0 radical (unpaired) electrons. The van der Waals surface area contributed by atoms with Crippen molar-refractivity contribution in [1.82, 2.24) is 5.32 Å². The van der Waals surface area contributed by atoms with Crippen molar-refractivity contribution in [2.75, 3.05) is 0 Å². The fourth-order valence-corrected chi connectivity index (χ4v) is 1.40. The first-order valence-corrected chi connectivity index (χ1v) is 5.81. The molecule has 1 atom stereocenters. The van der Waals surface area contributed by atoms with Crippen molar-refractivity contribution >= 4 is 41.4 Å². The van der Waals surface area contributed by atoms with Gasteiger partial charge in [0.25, 0.3) is 5.09 Å². The summed E-state index contributed by atoms with van der Waals surface area (Å²) < 4.78 is 5.00. The van der Waals surface area contributed by atoms with Gasteiger partial charge in [-0.25, -0.2) is 0 Å². The van der Waals surface area contributed by atoms with E-state index >= 15 is 0 Å². The van der Waals surface area contributed by atoms with Crippen LogP contribution in [0.1, 0.15) is 19.8 Å². The van der Waals surface area contributed by atoms with E-state index in [-0.39, 0.29) is 42.4 Å². The first kappa shape index (κ1) is 19.4. The number of benzene rings is 1. The van der Waals surface area contributed by atoms with Crippen molar-refractivity contribution in [3.63, 3.8) is 0 Å². The number of carbonyl (C=O) groups is 2. The Hall–Kier alpha value is -1.64. The first-order chi connectivity index (χ1) is 9.47. The second-order valence-corrected chi connectivity index (χ2v) is 3.84. The van der Waals surface area contributed by atoms with Crippen LogP contribution in [-0.2, 0) is 14.4 Å². The Kier molecular flexibility index (Phi) is 9.35. The maximum absolute atomic E-state index is 11.5. The molecule has 0 heterocycles. The quantitative estimate of drug-likeness (QED) is 0.195. The minimum atomic E-state index is -1.18. The second-order valence-electron chi connectivity index (χ2n) is 3.84. The third-order valence-corrected chi connectivity index (χ3v) is 2.16. The fourth-order valence-electron chi connectivity index (χ4n) is 1.40. The molecule has 1 aromatic rings. The fraction of sp³-hybridized carbons (Fsp3) is 0.333. The number of hydrogen-bond acceptors (Lipinski definition) is 6. The number of rotatable bonds is 7. The number of carbonyl (C=O) groups excluding carboxylic acids is 2. The van der Waals surface area contributed by atoms with Gasteiger partial charge in [-0.15, -0.1) is 10.1 Å². The third kappa shape index (κ3) is 9.01. The van der Waals surface area contributed by atoms with Crippen molar-refractivity contribution in [2.24, 2.45) is 0 Å². The molecule has 0 spiro atoms. The van der Waals surface area contributed by atoms with Gasteiger partial charge in [-0.3, -0.25) is 14.4 Å². The van der Waals surface area contributed by atoms with E-state index in [0.717, 1.165) is 0 Å². The van der Waals surface area contributed by atoms with Gasteiger partial charge in [0.15, 0.2) is 6.23 Å². The normalized spacial score (nSPS) is 10.7. The summed E-state index contributed by atoms with van der Waals surface area (Å²) in [5.41, 5.74) is 0. The van der Waals surface area contributed by atoms with Crippen LogP contribution in [0.15, 0.2) is 30.3 Å². The number of nitrogens with one attached hydrogen (secondary N) is 1. The van der Waals surface area contributed by atoms with E-state index in [1.807, 2.05) is 0 Å². The van der Waals surface area contributed by atoms with Crippen molar-refractivity contribution in [3.05, 3.63) is 40.4 Å². The summed E-state index contributed by atoms with van der Waals surface area (Å²) in [5, 5.41) is 11.4. The molecule has 9 heteroatoms. The SMILES string of the molecule is CC(=O)NC(CCC(=O)Oc1ccccc1)O[N+](=O)[O-].[NaH]. The monoisotopic (exact) mass is 306 g/mol. The summed E-state index contributed by atoms with van der Waals surface area (Å²) in [7, 11) is 0. The molecule has 0 saturated heterocycles. The van der Waals surface area contributed by atoms with Gasteiger partial charge in [0.05, 0.1) is 0 Å². The van der Waals surface area contributed by atoms with Gasteiger partial charge in [0.1, 0.15) is 5.75 Å². The van der Waals surface area contributed by atoms with Gasteiger partial charge in [-0.05, 0) is 12.1 Å². The van der Waals surface area contributed by atoms with Crippen LogP contribution in [0.5, 0.6) is 5.75 Å². The molecule has 0 saturated carbocycles. The van der Waals surface area contributed by atoms with Gasteiger partial charge in [-0.2, -0.15) is 0 Å². The van der Waals surface area contributed by atoms with Crippen LogP contribution in [0.3, 0.4) is 0 Å². The van der Waals surface area contributed by atoms with Crippen LogP contribution in [0.4, 0.5) is 0 Å². The minimum absolute atomic E-state index is 0. The van der Waals surface area contributed by atoms with Gasteiger partial charge in [0.2, 0.25) is 5.91 Å². The summed E-state index contributed by atoms with van der Waals surface area (Å²) in [6.07, 6.45) is -1.37. The summed E-state index contributed by atoms with van der Waals surface area (Å²) in [4.78, 5) is 36.9. The Morgan fingerprint density at radius 3 is 2.48 bits per heavy atom. The Morgan fingerprint density at radius 2 is 1.95 bits per heavy atom. The van der Waals surface area contributed by atoms with Crippen LogP contribution in [0, 0.1) is 10.1 Å². The van der Waals surface area contributed by atoms with Crippen LogP contribution in [-0.4, -0.2) is 52.7 Å². The molecule has 1 N–H and O–H groups in total. The van der Waals surface area contributed by atoms with Gasteiger partial charge < -0.3 is 10.1 Å². The van der Waals surface area contributed by atoms with Crippen molar-refractivity contribution in [2.45, 2.75) is 26.0 Å². The van der Waals surface area contributed by atoms with E-state index in [1.165, 1.54) is 6.92 Å². The van der Waals surface area contributed by atoms with Crippen molar-refractivity contribution in [3.8, 4) is 5.75 Å². The molecular formula is C12H15N2NaO6. The standard InChI is InChI=1S/C12H14N2O6.Na.H/c1-9(15)13-11(20-14(17)18)7-8-12(16)19-10-5-3-2-4-6-10;;/h2-6,11H,7-8H2,1H3,(H,13,15);;. The predicted molar refractivity (Wildman–Crippen MR) is 74.1 cm³/mol. The summed E-state index contributed by atoms with van der Waals surface area (Å²) >= 11 is 0. The van der Waals surface area contributed by atoms with Crippen LogP contribution in [0.2, 0.25) is 0 Å². The Bertz CT molecular complexity index is 466. The molecule has 0 aromatic heterocycles. The van der Waals surface area contributed by atoms with Gasteiger partial charge in [0, 0.05) is 19.8 Å². The van der Waals surface area contributed by atoms with E-state index in [4.69, 9.17) is 4.74 Å². The molecule has 1 amide bonds. The number of para-hydroxylation sites is 1. The average Bonchev–Trinajstić information content (AvgIpc) is 2.36. The molecule has 0 aliphatic heterocycles. The first-order valence-electron chi connectivity index (χ1n) is 5.81. The van der Waals surface area contributed by atoms with Crippen molar-refractivity contribution in [1.29, 1.82) is 0 Å². The van der Waals surface area contributed by atoms with E-state index in [1.54, 1.807) is 30.3 Å².